The Morgan fingerprint density at radius 3 is 2.61 bits per heavy atom. The number of rotatable bonds is 5. The van der Waals surface area contributed by atoms with E-state index in [1.54, 1.807) is 0 Å². The minimum atomic E-state index is -0.810. The normalized spacial score (nSPS) is 18.4. The van der Waals surface area contributed by atoms with Crippen molar-refractivity contribution in [3.05, 3.63) is 35.9 Å². The Morgan fingerprint density at radius 1 is 1.33 bits per heavy atom. The highest BCUT2D eigenvalue weighted by atomic mass is 16.4. The fourth-order valence-electron chi connectivity index (χ4n) is 2.36. The molecule has 2 rings (SSSR count). The van der Waals surface area contributed by atoms with Gasteiger partial charge in [0, 0.05) is 0 Å². The van der Waals surface area contributed by atoms with E-state index in [4.69, 9.17) is 0 Å². The molecule has 1 atom stereocenters. The van der Waals surface area contributed by atoms with Crippen LogP contribution in [0, 0.1) is 5.92 Å². The SMILES string of the molecule is O=C(O)C(NCC1CCNCC1)c1ccccc1. The van der Waals surface area contributed by atoms with Gasteiger partial charge >= 0.3 is 5.97 Å². The predicted octanol–water partition coefficient (Wildman–Crippen LogP) is 1.40. The minimum absolute atomic E-state index is 0.580. The van der Waals surface area contributed by atoms with Crippen LogP contribution in [0.2, 0.25) is 0 Å². The van der Waals surface area contributed by atoms with Gasteiger partial charge in [-0.3, -0.25) is 4.79 Å². The number of piperidine rings is 1. The second kappa shape index (κ2) is 6.52. The summed E-state index contributed by atoms with van der Waals surface area (Å²) in [7, 11) is 0. The van der Waals surface area contributed by atoms with Crippen LogP contribution < -0.4 is 10.6 Å². The smallest absolute Gasteiger partial charge is 0.325 e. The van der Waals surface area contributed by atoms with Crippen molar-refractivity contribution in [3.63, 3.8) is 0 Å². The lowest BCUT2D eigenvalue weighted by Gasteiger charge is -2.24. The molecule has 0 aliphatic carbocycles. The maximum atomic E-state index is 11.3. The van der Waals surface area contributed by atoms with E-state index in [1.807, 2.05) is 30.3 Å². The summed E-state index contributed by atoms with van der Waals surface area (Å²) >= 11 is 0. The van der Waals surface area contributed by atoms with E-state index in [-0.39, 0.29) is 0 Å². The topological polar surface area (TPSA) is 61.4 Å². The Hall–Kier alpha value is -1.39. The van der Waals surface area contributed by atoms with Crippen molar-refractivity contribution >= 4 is 5.97 Å². The maximum absolute atomic E-state index is 11.3. The number of carboxylic acids is 1. The van der Waals surface area contributed by atoms with Gasteiger partial charge in [0.2, 0.25) is 0 Å². The Balaban J connectivity index is 1.92. The van der Waals surface area contributed by atoms with E-state index in [0.717, 1.165) is 38.0 Å². The molecule has 0 amide bonds. The number of carbonyl (C=O) groups is 1. The lowest BCUT2D eigenvalue weighted by Crippen LogP contribution is -2.37. The highest BCUT2D eigenvalue weighted by molar-refractivity contribution is 5.75. The summed E-state index contributed by atoms with van der Waals surface area (Å²) in [6.45, 7) is 2.85. The van der Waals surface area contributed by atoms with Gasteiger partial charge in [0.05, 0.1) is 0 Å². The summed E-state index contributed by atoms with van der Waals surface area (Å²) in [4.78, 5) is 11.3. The van der Waals surface area contributed by atoms with Gasteiger partial charge in [-0.15, -0.1) is 0 Å². The van der Waals surface area contributed by atoms with Crippen LogP contribution in [-0.2, 0) is 4.79 Å². The molecule has 98 valence electrons. The monoisotopic (exact) mass is 248 g/mol. The van der Waals surface area contributed by atoms with Crippen molar-refractivity contribution in [1.82, 2.24) is 10.6 Å². The molecule has 0 aromatic heterocycles. The molecule has 1 aliphatic heterocycles. The third-order valence-electron chi connectivity index (χ3n) is 3.45. The van der Waals surface area contributed by atoms with Crippen LogP contribution in [0.1, 0.15) is 24.4 Å². The summed E-state index contributed by atoms with van der Waals surface area (Å²) in [5.41, 5.74) is 0.818. The molecule has 3 N–H and O–H groups in total. The van der Waals surface area contributed by atoms with E-state index in [9.17, 15) is 9.90 Å². The number of nitrogens with one attached hydrogen (secondary N) is 2. The highest BCUT2D eigenvalue weighted by Crippen LogP contribution is 2.16. The molecule has 0 saturated carbocycles. The van der Waals surface area contributed by atoms with Crippen molar-refractivity contribution in [2.75, 3.05) is 19.6 Å². The van der Waals surface area contributed by atoms with Gasteiger partial charge in [-0.05, 0) is 44.0 Å². The van der Waals surface area contributed by atoms with Crippen molar-refractivity contribution in [2.24, 2.45) is 5.92 Å². The third kappa shape index (κ3) is 3.55. The summed E-state index contributed by atoms with van der Waals surface area (Å²) in [6, 6.07) is 8.76. The Labute approximate surface area is 107 Å². The van der Waals surface area contributed by atoms with Gasteiger partial charge in [-0.2, -0.15) is 0 Å². The number of hydrogen-bond acceptors (Lipinski definition) is 3. The Kier molecular flexibility index (Phi) is 4.73. The molecule has 1 saturated heterocycles. The summed E-state index contributed by atoms with van der Waals surface area (Å²) < 4.78 is 0. The molecule has 0 radical (unpaired) electrons. The Morgan fingerprint density at radius 2 is 2.00 bits per heavy atom. The number of benzene rings is 1. The average molecular weight is 248 g/mol. The lowest BCUT2D eigenvalue weighted by atomic mass is 9.97. The first-order valence-electron chi connectivity index (χ1n) is 6.49. The zero-order valence-electron chi connectivity index (χ0n) is 10.4. The van der Waals surface area contributed by atoms with Gasteiger partial charge in [0.25, 0.3) is 0 Å². The first kappa shape index (κ1) is 13.1. The predicted molar refractivity (Wildman–Crippen MR) is 70.4 cm³/mol. The fraction of sp³-hybridized carbons (Fsp3) is 0.500. The van der Waals surface area contributed by atoms with Crippen LogP contribution in [0.15, 0.2) is 30.3 Å². The van der Waals surface area contributed by atoms with Crippen molar-refractivity contribution in [1.29, 1.82) is 0 Å². The molecule has 1 aromatic carbocycles. The molecule has 1 unspecified atom stereocenters. The average Bonchev–Trinajstić information content (AvgIpc) is 2.41. The van der Waals surface area contributed by atoms with E-state index in [2.05, 4.69) is 10.6 Å². The standard InChI is InChI=1S/C14H20N2O2/c17-14(18)13(12-4-2-1-3-5-12)16-10-11-6-8-15-9-7-11/h1-5,11,13,15-16H,6-10H2,(H,17,18). The summed E-state index contributed by atoms with van der Waals surface area (Å²) in [5, 5.41) is 15.8. The van der Waals surface area contributed by atoms with Crippen LogP contribution in [0.5, 0.6) is 0 Å². The van der Waals surface area contributed by atoms with Gasteiger partial charge < -0.3 is 15.7 Å². The molecule has 1 heterocycles. The van der Waals surface area contributed by atoms with Gasteiger partial charge in [-0.25, -0.2) is 0 Å². The molecule has 1 aromatic rings. The first-order chi connectivity index (χ1) is 8.77. The van der Waals surface area contributed by atoms with E-state index in [0.29, 0.717) is 5.92 Å². The number of carboxylic acid groups (broad SMARTS) is 1. The highest BCUT2D eigenvalue weighted by Gasteiger charge is 2.21. The van der Waals surface area contributed by atoms with E-state index >= 15 is 0 Å². The van der Waals surface area contributed by atoms with Crippen LogP contribution >= 0.6 is 0 Å². The molecule has 0 spiro atoms. The molecule has 4 heteroatoms. The molecule has 1 fully saturated rings. The van der Waals surface area contributed by atoms with Crippen LogP contribution in [0.3, 0.4) is 0 Å². The lowest BCUT2D eigenvalue weighted by molar-refractivity contribution is -0.139. The van der Waals surface area contributed by atoms with Crippen molar-refractivity contribution < 1.29 is 9.90 Å². The molecular formula is C14H20N2O2. The molecule has 1 aliphatic rings. The van der Waals surface area contributed by atoms with Crippen LogP contribution in [0.25, 0.3) is 0 Å². The zero-order chi connectivity index (χ0) is 12.8. The second-order valence-electron chi connectivity index (χ2n) is 4.78. The van der Waals surface area contributed by atoms with Crippen LogP contribution in [-0.4, -0.2) is 30.7 Å². The molecule has 4 nitrogen and oxygen atoms in total. The summed E-state index contributed by atoms with van der Waals surface area (Å²) in [6.07, 6.45) is 2.24. The largest absolute Gasteiger partial charge is 0.480 e. The molecular weight excluding hydrogens is 228 g/mol. The maximum Gasteiger partial charge on any atom is 0.325 e. The fourth-order valence-corrected chi connectivity index (χ4v) is 2.36. The molecule has 0 bridgehead atoms. The third-order valence-corrected chi connectivity index (χ3v) is 3.45. The van der Waals surface area contributed by atoms with Crippen LogP contribution in [0.4, 0.5) is 0 Å². The van der Waals surface area contributed by atoms with E-state index in [1.165, 1.54) is 0 Å². The minimum Gasteiger partial charge on any atom is -0.480 e. The number of hydrogen-bond donors (Lipinski definition) is 3. The van der Waals surface area contributed by atoms with E-state index < -0.39 is 12.0 Å². The van der Waals surface area contributed by atoms with Gasteiger partial charge in [0.15, 0.2) is 0 Å². The number of aliphatic carboxylic acids is 1. The molecule has 18 heavy (non-hydrogen) atoms. The quantitative estimate of drug-likeness (QED) is 0.737. The van der Waals surface area contributed by atoms with Gasteiger partial charge in [0.1, 0.15) is 6.04 Å². The van der Waals surface area contributed by atoms with Crippen molar-refractivity contribution in [2.45, 2.75) is 18.9 Å². The summed E-state index contributed by atoms with van der Waals surface area (Å²) in [5.74, 6) is -0.230. The zero-order valence-corrected chi connectivity index (χ0v) is 10.4. The first-order valence-corrected chi connectivity index (χ1v) is 6.49. The second-order valence-corrected chi connectivity index (χ2v) is 4.78. The van der Waals surface area contributed by atoms with Crippen molar-refractivity contribution in [3.8, 4) is 0 Å². The van der Waals surface area contributed by atoms with Gasteiger partial charge in [-0.1, -0.05) is 30.3 Å². The Bertz CT molecular complexity index is 375.